The summed E-state index contributed by atoms with van der Waals surface area (Å²) in [6, 6.07) is 3.85. The molecule has 0 spiro atoms. The van der Waals surface area contributed by atoms with Gasteiger partial charge in [0.15, 0.2) is 5.69 Å². The monoisotopic (exact) mass is 299 g/mol. The molecule has 6 nitrogen and oxygen atoms in total. The normalized spacial score (nSPS) is 13.0. The van der Waals surface area contributed by atoms with Gasteiger partial charge < -0.3 is 9.64 Å². The number of halogens is 1. The van der Waals surface area contributed by atoms with E-state index in [4.69, 9.17) is 6.42 Å². The average molecular weight is 299 g/mol. The minimum atomic E-state index is -0.775. The van der Waals surface area contributed by atoms with Crippen LogP contribution in [0.2, 0.25) is 0 Å². The Morgan fingerprint density at radius 1 is 1.50 bits per heavy atom. The zero-order valence-electron chi connectivity index (χ0n) is 11.5. The molecule has 2 aromatic rings. The Balaban J connectivity index is 2.22. The molecule has 0 aliphatic carbocycles. The van der Waals surface area contributed by atoms with Crippen LogP contribution in [0, 0.1) is 18.3 Å². The zero-order chi connectivity index (χ0) is 15.9. The van der Waals surface area contributed by atoms with Gasteiger partial charge in [-0.05, 0) is 18.2 Å². The van der Waals surface area contributed by atoms with E-state index in [0.717, 1.165) is 6.07 Å². The number of fused-ring (bicyclic) bond motifs is 3. The van der Waals surface area contributed by atoms with E-state index < -0.39 is 11.8 Å². The minimum absolute atomic E-state index is 0.0229. The number of nitrogens with zero attached hydrogens (tertiary/aromatic N) is 3. The Morgan fingerprint density at radius 2 is 2.27 bits per heavy atom. The smallest absolute Gasteiger partial charge is 0.368 e. The molecule has 3 rings (SSSR count). The second kappa shape index (κ2) is 5.00. The maximum atomic E-state index is 13.4. The molecule has 1 aromatic carbocycles. The topological polar surface area (TPSA) is 64.4 Å². The number of benzene rings is 1. The number of terminal acetylenes is 1. The number of ether oxygens (including phenoxy) is 1. The van der Waals surface area contributed by atoms with Crippen molar-refractivity contribution in [3.05, 3.63) is 47.3 Å². The highest BCUT2D eigenvalue weighted by Gasteiger charge is 2.29. The van der Waals surface area contributed by atoms with Gasteiger partial charge in [-0.25, -0.2) is 14.2 Å². The van der Waals surface area contributed by atoms with E-state index in [1.54, 1.807) is 17.7 Å². The first-order chi connectivity index (χ1) is 10.5. The van der Waals surface area contributed by atoms with Crippen LogP contribution >= 0.6 is 0 Å². The Kier molecular flexibility index (Phi) is 3.14. The summed E-state index contributed by atoms with van der Waals surface area (Å²) in [6.07, 6.45) is 8.13. The molecule has 2 heterocycles. The zero-order valence-corrected chi connectivity index (χ0v) is 11.5. The van der Waals surface area contributed by atoms with E-state index >= 15 is 0 Å². The van der Waals surface area contributed by atoms with E-state index in [2.05, 4.69) is 9.72 Å². The van der Waals surface area contributed by atoms with Gasteiger partial charge in [0.2, 0.25) is 0 Å². The summed E-state index contributed by atoms with van der Waals surface area (Å²) in [6.45, 7) is 0.115. The van der Waals surface area contributed by atoms with Gasteiger partial charge in [-0.15, -0.1) is 0 Å². The minimum Gasteiger partial charge on any atom is -0.368 e. The molecule has 110 valence electrons. The van der Waals surface area contributed by atoms with E-state index in [9.17, 15) is 14.0 Å². The molecule has 1 amide bonds. The van der Waals surface area contributed by atoms with Crippen molar-refractivity contribution in [3.8, 4) is 18.2 Å². The van der Waals surface area contributed by atoms with Crippen LogP contribution < -0.4 is 0 Å². The third kappa shape index (κ3) is 2.02. The number of rotatable bonds is 1. The molecule has 0 radical (unpaired) electrons. The second-order valence-corrected chi connectivity index (χ2v) is 4.74. The first kappa shape index (κ1) is 13.8. The van der Waals surface area contributed by atoms with Crippen LogP contribution in [0.4, 0.5) is 4.39 Å². The van der Waals surface area contributed by atoms with Crippen molar-refractivity contribution in [1.29, 1.82) is 0 Å². The van der Waals surface area contributed by atoms with Gasteiger partial charge in [0.05, 0.1) is 23.5 Å². The van der Waals surface area contributed by atoms with Gasteiger partial charge >= 0.3 is 5.97 Å². The summed E-state index contributed by atoms with van der Waals surface area (Å²) in [5, 5.41) is 0. The van der Waals surface area contributed by atoms with Gasteiger partial charge in [-0.1, -0.05) is 6.42 Å². The molecule has 0 saturated heterocycles. The lowest BCUT2D eigenvalue weighted by Crippen LogP contribution is -2.25. The fourth-order valence-corrected chi connectivity index (χ4v) is 2.40. The lowest BCUT2D eigenvalue weighted by Gasteiger charge is -2.14. The van der Waals surface area contributed by atoms with Crippen LogP contribution in [-0.2, 0) is 11.3 Å². The highest BCUT2D eigenvalue weighted by molar-refractivity contribution is 5.99. The van der Waals surface area contributed by atoms with Gasteiger partial charge in [-0.2, -0.15) is 0 Å². The third-order valence-electron chi connectivity index (χ3n) is 3.39. The van der Waals surface area contributed by atoms with Gasteiger partial charge in [0.1, 0.15) is 18.3 Å². The SMILES string of the molecule is C#COC(=O)c1ncn2c1CN(C)C(=O)c1cc(F)ccc1-2. The summed E-state index contributed by atoms with van der Waals surface area (Å²) < 4.78 is 19.5. The molecule has 0 bridgehead atoms. The van der Waals surface area contributed by atoms with Crippen LogP contribution in [0.25, 0.3) is 5.69 Å². The van der Waals surface area contributed by atoms with Crippen LogP contribution in [0.1, 0.15) is 26.5 Å². The Labute approximate surface area is 125 Å². The van der Waals surface area contributed by atoms with Crippen LogP contribution in [-0.4, -0.2) is 33.4 Å². The number of hydrogen-bond donors (Lipinski definition) is 0. The van der Waals surface area contributed by atoms with Crippen molar-refractivity contribution in [2.24, 2.45) is 0 Å². The predicted octanol–water partition coefficient (Wildman–Crippen LogP) is 1.34. The number of imidazole rings is 1. The van der Waals surface area contributed by atoms with E-state index in [-0.39, 0.29) is 23.7 Å². The van der Waals surface area contributed by atoms with Gasteiger partial charge in [0, 0.05) is 7.05 Å². The maximum Gasteiger partial charge on any atom is 0.372 e. The predicted molar refractivity (Wildman–Crippen MR) is 73.6 cm³/mol. The summed E-state index contributed by atoms with van der Waals surface area (Å²) >= 11 is 0. The quantitative estimate of drug-likeness (QED) is 0.589. The average Bonchev–Trinajstić information content (AvgIpc) is 2.86. The molecule has 1 aliphatic heterocycles. The van der Waals surface area contributed by atoms with E-state index in [0.29, 0.717) is 11.4 Å². The summed E-state index contributed by atoms with van der Waals surface area (Å²) in [4.78, 5) is 29.5. The number of aromatic nitrogens is 2. The summed E-state index contributed by atoms with van der Waals surface area (Å²) in [5.74, 6) is -1.65. The fourth-order valence-electron chi connectivity index (χ4n) is 2.40. The maximum absolute atomic E-state index is 13.4. The standard InChI is InChI=1S/C15H10FN3O3/c1-3-22-15(21)13-12-7-18(2)14(20)10-6-9(16)4-5-11(10)19(12)8-17-13/h1,4-6,8H,7H2,2H3. The highest BCUT2D eigenvalue weighted by atomic mass is 19.1. The number of esters is 1. The van der Waals surface area contributed by atoms with E-state index in [1.807, 2.05) is 0 Å². The summed E-state index contributed by atoms with van der Waals surface area (Å²) in [7, 11) is 1.55. The molecular formula is C15H10FN3O3. The van der Waals surface area contributed by atoms with Gasteiger partial charge in [-0.3, -0.25) is 9.36 Å². The molecule has 0 N–H and O–H groups in total. The highest BCUT2D eigenvalue weighted by Crippen LogP contribution is 2.26. The lowest BCUT2D eigenvalue weighted by molar-refractivity contribution is 0.0677. The van der Waals surface area contributed by atoms with Crippen molar-refractivity contribution in [3.63, 3.8) is 0 Å². The van der Waals surface area contributed by atoms with Crippen LogP contribution in [0.3, 0.4) is 0 Å². The lowest BCUT2D eigenvalue weighted by atomic mass is 10.1. The molecule has 22 heavy (non-hydrogen) atoms. The number of amides is 1. The number of carbonyl (C=O) groups is 2. The van der Waals surface area contributed by atoms with Gasteiger partial charge in [0.25, 0.3) is 5.91 Å². The molecular weight excluding hydrogens is 289 g/mol. The number of hydrogen-bond acceptors (Lipinski definition) is 4. The van der Waals surface area contributed by atoms with Crippen molar-refractivity contribution in [1.82, 2.24) is 14.5 Å². The molecule has 0 saturated carbocycles. The molecule has 1 aliphatic rings. The first-order valence-electron chi connectivity index (χ1n) is 6.31. The molecule has 1 aromatic heterocycles. The Hall–Kier alpha value is -3.14. The van der Waals surface area contributed by atoms with Crippen molar-refractivity contribution in [2.45, 2.75) is 6.54 Å². The molecule has 0 fully saturated rings. The van der Waals surface area contributed by atoms with E-state index in [1.165, 1.54) is 23.4 Å². The van der Waals surface area contributed by atoms with Crippen molar-refractivity contribution in [2.75, 3.05) is 7.05 Å². The molecule has 7 heteroatoms. The van der Waals surface area contributed by atoms with Crippen LogP contribution in [0.15, 0.2) is 24.5 Å². The Bertz CT molecular complexity index is 835. The Morgan fingerprint density at radius 3 is 3.00 bits per heavy atom. The first-order valence-corrected chi connectivity index (χ1v) is 6.31. The molecule has 0 atom stereocenters. The van der Waals surface area contributed by atoms with Crippen molar-refractivity contribution < 1.29 is 18.7 Å². The number of carbonyl (C=O) groups excluding carboxylic acids is 2. The second-order valence-electron chi connectivity index (χ2n) is 4.74. The third-order valence-corrected chi connectivity index (χ3v) is 3.39. The largest absolute Gasteiger partial charge is 0.372 e. The van der Waals surface area contributed by atoms with Crippen molar-refractivity contribution >= 4 is 11.9 Å². The molecule has 0 unspecified atom stereocenters. The van der Waals surface area contributed by atoms with Crippen LogP contribution in [0.5, 0.6) is 0 Å². The summed E-state index contributed by atoms with van der Waals surface area (Å²) in [5.41, 5.74) is 1.10. The fraction of sp³-hybridized carbons (Fsp3) is 0.133.